The minimum Gasteiger partial charge on any atom is -0.359 e. The van der Waals surface area contributed by atoms with Crippen LogP contribution in [0.5, 0.6) is 0 Å². The van der Waals surface area contributed by atoms with Crippen molar-refractivity contribution in [3.63, 3.8) is 0 Å². The highest BCUT2D eigenvalue weighted by Gasteiger charge is 2.51. The van der Waals surface area contributed by atoms with Crippen LogP contribution < -0.4 is 5.32 Å². The number of hydrogen-bond donors (Lipinski definition) is 1. The van der Waals surface area contributed by atoms with Crippen molar-refractivity contribution in [1.29, 1.82) is 0 Å². The number of imide groups is 1. The fourth-order valence-electron chi connectivity index (χ4n) is 2.79. The summed E-state index contributed by atoms with van der Waals surface area (Å²) in [7, 11) is 0. The number of urea groups is 1. The quantitative estimate of drug-likeness (QED) is 0.879. The maximum atomic E-state index is 13.1. The van der Waals surface area contributed by atoms with E-state index in [2.05, 4.69) is 10.5 Å². The molecule has 0 aliphatic carbocycles. The lowest BCUT2D eigenvalue weighted by atomic mass is 9.87. The zero-order valence-corrected chi connectivity index (χ0v) is 12.8. The molecule has 0 bridgehead atoms. The maximum Gasteiger partial charge on any atom is 0.325 e. The minimum absolute atomic E-state index is 0.00838. The number of carbonyl (C=O) groups is 2. The van der Waals surface area contributed by atoms with Gasteiger partial charge in [-0.3, -0.25) is 9.69 Å². The zero-order valence-electron chi connectivity index (χ0n) is 12.8. The van der Waals surface area contributed by atoms with E-state index >= 15 is 0 Å². The zero-order chi connectivity index (χ0) is 16.6. The Labute approximate surface area is 132 Å². The average Bonchev–Trinajstić information content (AvgIpc) is 3.05. The summed E-state index contributed by atoms with van der Waals surface area (Å²) in [5.41, 5.74) is 0.0446. The van der Waals surface area contributed by atoms with Crippen LogP contribution in [0.1, 0.15) is 30.4 Å². The van der Waals surface area contributed by atoms with E-state index in [1.54, 1.807) is 19.9 Å². The van der Waals surface area contributed by atoms with Gasteiger partial charge in [-0.2, -0.15) is 0 Å². The van der Waals surface area contributed by atoms with Gasteiger partial charge in [0.1, 0.15) is 11.4 Å². The van der Waals surface area contributed by atoms with E-state index in [4.69, 9.17) is 4.52 Å². The highest BCUT2D eigenvalue weighted by atomic mass is 19.1. The summed E-state index contributed by atoms with van der Waals surface area (Å²) in [6, 6.07) is 6.74. The number of halogens is 1. The average molecular weight is 317 g/mol. The molecule has 1 N–H and O–H groups in total. The largest absolute Gasteiger partial charge is 0.359 e. The molecule has 1 aliphatic heterocycles. The van der Waals surface area contributed by atoms with Crippen molar-refractivity contribution < 1.29 is 18.5 Å². The second kappa shape index (κ2) is 5.49. The summed E-state index contributed by atoms with van der Waals surface area (Å²) in [6.45, 7) is 3.56. The first-order valence-corrected chi connectivity index (χ1v) is 7.28. The number of hydrogen-bond acceptors (Lipinski definition) is 4. The molecule has 2 aromatic rings. The second-order valence-electron chi connectivity index (χ2n) is 5.52. The summed E-state index contributed by atoms with van der Waals surface area (Å²) in [6.07, 6.45) is 0.356. The van der Waals surface area contributed by atoms with Gasteiger partial charge in [-0.25, -0.2) is 9.18 Å². The predicted octanol–water partition coefficient (Wildman–Crippen LogP) is 2.48. The van der Waals surface area contributed by atoms with E-state index in [0.717, 1.165) is 4.90 Å². The van der Waals surface area contributed by atoms with Crippen molar-refractivity contribution in [3.8, 4) is 0 Å². The van der Waals surface area contributed by atoms with E-state index in [0.29, 0.717) is 23.4 Å². The third-order valence-electron chi connectivity index (χ3n) is 4.03. The van der Waals surface area contributed by atoms with Crippen molar-refractivity contribution in [2.75, 3.05) is 0 Å². The van der Waals surface area contributed by atoms with Gasteiger partial charge in [0.2, 0.25) is 0 Å². The van der Waals surface area contributed by atoms with Gasteiger partial charge in [-0.1, -0.05) is 24.2 Å². The van der Waals surface area contributed by atoms with Crippen LogP contribution in [0.4, 0.5) is 9.18 Å². The van der Waals surface area contributed by atoms with Crippen molar-refractivity contribution in [1.82, 2.24) is 15.4 Å². The van der Waals surface area contributed by atoms with E-state index < -0.39 is 17.4 Å². The SMILES string of the molecule is CC[C@]1(c2ccc(F)cc2)NC(=O)N(Cc2cc(C)no2)C1=O. The third kappa shape index (κ3) is 2.48. The van der Waals surface area contributed by atoms with Crippen molar-refractivity contribution in [2.24, 2.45) is 0 Å². The molecule has 1 aromatic carbocycles. The second-order valence-corrected chi connectivity index (χ2v) is 5.52. The topological polar surface area (TPSA) is 75.4 Å². The molecule has 1 atom stereocenters. The maximum absolute atomic E-state index is 13.1. The van der Waals surface area contributed by atoms with Crippen LogP contribution in [0.2, 0.25) is 0 Å². The fraction of sp³-hybridized carbons (Fsp3) is 0.312. The van der Waals surface area contributed by atoms with E-state index in [1.807, 2.05) is 0 Å². The molecule has 1 saturated heterocycles. The number of carbonyl (C=O) groups excluding carboxylic acids is 2. The molecule has 3 rings (SSSR count). The number of nitrogens with one attached hydrogen (secondary N) is 1. The Hall–Kier alpha value is -2.70. The molecule has 3 amide bonds. The lowest BCUT2D eigenvalue weighted by Gasteiger charge is -2.25. The minimum atomic E-state index is -1.18. The number of nitrogens with zero attached hydrogens (tertiary/aromatic N) is 2. The molecule has 1 aromatic heterocycles. The Balaban J connectivity index is 1.93. The molecule has 2 heterocycles. The van der Waals surface area contributed by atoms with Crippen LogP contribution in [-0.4, -0.2) is 22.0 Å². The highest BCUT2D eigenvalue weighted by molar-refractivity contribution is 6.07. The molecule has 6 nitrogen and oxygen atoms in total. The number of rotatable bonds is 4. The van der Waals surface area contributed by atoms with E-state index in [9.17, 15) is 14.0 Å². The van der Waals surface area contributed by atoms with Crippen LogP contribution in [0.15, 0.2) is 34.9 Å². The number of benzene rings is 1. The summed E-state index contributed by atoms with van der Waals surface area (Å²) in [4.78, 5) is 26.2. The molecule has 7 heteroatoms. The van der Waals surface area contributed by atoms with Gasteiger partial charge in [0.05, 0.1) is 12.2 Å². The first-order valence-electron chi connectivity index (χ1n) is 7.28. The van der Waals surface area contributed by atoms with Gasteiger partial charge in [0.25, 0.3) is 5.91 Å². The van der Waals surface area contributed by atoms with E-state index in [1.165, 1.54) is 24.3 Å². The standard InChI is InChI=1S/C16H16FN3O3/c1-3-16(11-4-6-12(17)7-5-11)14(21)20(15(22)18-16)9-13-8-10(2)19-23-13/h4-8H,3,9H2,1-2H3,(H,18,22)/t16-/m1/s1. The first-order chi connectivity index (χ1) is 11.0. The van der Waals surface area contributed by atoms with Crippen LogP contribution in [0.3, 0.4) is 0 Å². The Morgan fingerprint density at radius 1 is 1.30 bits per heavy atom. The van der Waals surface area contributed by atoms with Gasteiger partial charge in [0.15, 0.2) is 5.76 Å². The van der Waals surface area contributed by atoms with Gasteiger partial charge in [-0.05, 0) is 31.0 Å². The Morgan fingerprint density at radius 2 is 2.00 bits per heavy atom. The highest BCUT2D eigenvalue weighted by Crippen LogP contribution is 2.33. The number of aryl methyl sites for hydroxylation is 1. The lowest BCUT2D eigenvalue weighted by Crippen LogP contribution is -2.43. The van der Waals surface area contributed by atoms with Crippen LogP contribution in [-0.2, 0) is 16.9 Å². The van der Waals surface area contributed by atoms with Crippen LogP contribution >= 0.6 is 0 Å². The van der Waals surface area contributed by atoms with Crippen molar-refractivity contribution in [2.45, 2.75) is 32.4 Å². The smallest absolute Gasteiger partial charge is 0.325 e. The molecule has 1 fully saturated rings. The molecule has 0 spiro atoms. The lowest BCUT2D eigenvalue weighted by molar-refractivity contribution is -0.132. The molecular weight excluding hydrogens is 301 g/mol. The number of aromatic nitrogens is 1. The van der Waals surface area contributed by atoms with Crippen molar-refractivity contribution in [3.05, 3.63) is 53.2 Å². The van der Waals surface area contributed by atoms with Gasteiger partial charge in [0, 0.05) is 6.07 Å². The Kier molecular flexibility index (Phi) is 3.63. The summed E-state index contributed by atoms with van der Waals surface area (Å²) >= 11 is 0. The summed E-state index contributed by atoms with van der Waals surface area (Å²) in [5, 5.41) is 6.48. The Morgan fingerprint density at radius 3 is 2.57 bits per heavy atom. The summed E-state index contributed by atoms with van der Waals surface area (Å²) < 4.78 is 18.2. The number of amides is 3. The third-order valence-corrected chi connectivity index (χ3v) is 4.03. The van der Waals surface area contributed by atoms with Crippen LogP contribution in [0, 0.1) is 12.7 Å². The summed E-state index contributed by atoms with van der Waals surface area (Å²) in [5.74, 6) is -0.353. The Bertz CT molecular complexity index is 756. The van der Waals surface area contributed by atoms with Crippen molar-refractivity contribution >= 4 is 11.9 Å². The first kappa shape index (κ1) is 15.2. The fourth-order valence-corrected chi connectivity index (χ4v) is 2.79. The molecular formula is C16H16FN3O3. The van der Waals surface area contributed by atoms with Crippen LogP contribution in [0.25, 0.3) is 0 Å². The molecule has 0 radical (unpaired) electrons. The van der Waals surface area contributed by atoms with E-state index in [-0.39, 0.29) is 12.5 Å². The normalized spacial score (nSPS) is 20.9. The van der Waals surface area contributed by atoms with Gasteiger partial charge < -0.3 is 9.84 Å². The monoisotopic (exact) mass is 317 g/mol. The molecule has 1 aliphatic rings. The molecule has 0 unspecified atom stereocenters. The molecule has 23 heavy (non-hydrogen) atoms. The van der Waals surface area contributed by atoms with Gasteiger partial charge in [-0.15, -0.1) is 0 Å². The predicted molar refractivity (Wildman–Crippen MR) is 78.7 cm³/mol. The molecule has 120 valence electrons. The molecule has 0 saturated carbocycles. The van der Waals surface area contributed by atoms with Gasteiger partial charge >= 0.3 is 6.03 Å².